The van der Waals surface area contributed by atoms with Gasteiger partial charge in [0.25, 0.3) is 5.91 Å². The molecule has 5 heteroatoms. The lowest BCUT2D eigenvalue weighted by molar-refractivity contribution is 0.0862. The molecular formula is C14H19N3O2. The maximum Gasteiger partial charge on any atom is 0.290 e. The van der Waals surface area contributed by atoms with Crippen LogP contribution in [0.5, 0.6) is 0 Å². The first-order chi connectivity index (χ1) is 9.10. The fraction of sp³-hybridized carbons (Fsp3) is 0.643. The van der Waals surface area contributed by atoms with Gasteiger partial charge in [0.05, 0.1) is 11.8 Å². The minimum absolute atomic E-state index is 0.201. The maximum atomic E-state index is 12.1. The SMILES string of the molecule is CCC1CCC(C#N)(NC(=O)c2ocnc2C)CC1. The molecule has 2 rings (SSSR count). The summed E-state index contributed by atoms with van der Waals surface area (Å²) in [6, 6.07) is 2.28. The molecule has 0 radical (unpaired) electrons. The molecule has 0 bridgehead atoms. The molecular weight excluding hydrogens is 242 g/mol. The number of amides is 1. The van der Waals surface area contributed by atoms with Gasteiger partial charge in [-0.2, -0.15) is 5.26 Å². The number of aromatic nitrogens is 1. The summed E-state index contributed by atoms with van der Waals surface area (Å²) >= 11 is 0. The van der Waals surface area contributed by atoms with E-state index in [2.05, 4.69) is 23.3 Å². The molecule has 0 spiro atoms. The molecule has 1 aromatic rings. The van der Waals surface area contributed by atoms with Gasteiger partial charge < -0.3 is 9.73 Å². The van der Waals surface area contributed by atoms with E-state index in [1.54, 1.807) is 6.92 Å². The zero-order valence-electron chi connectivity index (χ0n) is 11.4. The van der Waals surface area contributed by atoms with E-state index in [1.807, 2.05) is 0 Å². The second-order valence-electron chi connectivity index (χ2n) is 5.27. The second kappa shape index (κ2) is 5.43. The van der Waals surface area contributed by atoms with Gasteiger partial charge in [0.1, 0.15) is 5.54 Å². The topological polar surface area (TPSA) is 78.9 Å². The van der Waals surface area contributed by atoms with Gasteiger partial charge in [0.15, 0.2) is 6.39 Å². The Balaban J connectivity index is 2.06. The molecule has 1 saturated carbocycles. The number of aryl methyl sites for hydroxylation is 1. The van der Waals surface area contributed by atoms with Gasteiger partial charge in [-0.3, -0.25) is 4.79 Å². The van der Waals surface area contributed by atoms with Crippen LogP contribution >= 0.6 is 0 Å². The zero-order chi connectivity index (χ0) is 13.9. The van der Waals surface area contributed by atoms with Crippen molar-refractivity contribution in [1.29, 1.82) is 5.26 Å². The highest BCUT2D eigenvalue weighted by Crippen LogP contribution is 2.33. The summed E-state index contributed by atoms with van der Waals surface area (Å²) < 4.78 is 5.07. The minimum atomic E-state index is -0.748. The van der Waals surface area contributed by atoms with E-state index in [4.69, 9.17) is 4.42 Å². The molecule has 5 nitrogen and oxygen atoms in total. The molecule has 1 N–H and O–H groups in total. The molecule has 1 aliphatic carbocycles. The van der Waals surface area contributed by atoms with Crippen molar-refractivity contribution >= 4 is 5.91 Å². The number of carbonyl (C=O) groups excluding carboxylic acids is 1. The lowest BCUT2D eigenvalue weighted by Crippen LogP contribution is -2.49. The third kappa shape index (κ3) is 2.78. The average Bonchev–Trinajstić information content (AvgIpc) is 2.86. The molecule has 102 valence electrons. The molecule has 1 amide bonds. The molecule has 1 heterocycles. The van der Waals surface area contributed by atoms with Crippen LogP contribution in [0.4, 0.5) is 0 Å². The van der Waals surface area contributed by atoms with Gasteiger partial charge in [-0.1, -0.05) is 13.3 Å². The normalized spacial score (nSPS) is 26.7. The van der Waals surface area contributed by atoms with Crippen LogP contribution in [0.15, 0.2) is 10.8 Å². The van der Waals surface area contributed by atoms with Crippen LogP contribution < -0.4 is 5.32 Å². The van der Waals surface area contributed by atoms with Gasteiger partial charge >= 0.3 is 0 Å². The molecule has 1 aromatic heterocycles. The van der Waals surface area contributed by atoms with Crippen LogP contribution in [0.2, 0.25) is 0 Å². The molecule has 0 saturated heterocycles. The number of hydrogen-bond acceptors (Lipinski definition) is 4. The molecule has 0 aliphatic heterocycles. The fourth-order valence-electron chi connectivity index (χ4n) is 2.64. The molecule has 1 fully saturated rings. The van der Waals surface area contributed by atoms with Crippen molar-refractivity contribution < 1.29 is 9.21 Å². The van der Waals surface area contributed by atoms with Crippen LogP contribution in [0.25, 0.3) is 0 Å². The number of oxazole rings is 1. The Labute approximate surface area is 113 Å². The monoisotopic (exact) mass is 261 g/mol. The average molecular weight is 261 g/mol. The van der Waals surface area contributed by atoms with E-state index in [1.165, 1.54) is 6.39 Å². The summed E-state index contributed by atoms with van der Waals surface area (Å²) in [6.45, 7) is 3.88. The highest BCUT2D eigenvalue weighted by atomic mass is 16.3. The highest BCUT2D eigenvalue weighted by Gasteiger charge is 2.37. The van der Waals surface area contributed by atoms with Gasteiger partial charge in [-0.15, -0.1) is 0 Å². The molecule has 1 aliphatic rings. The summed E-state index contributed by atoms with van der Waals surface area (Å²) in [4.78, 5) is 16.0. The van der Waals surface area contributed by atoms with E-state index in [0.717, 1.165) is 19.3 Å². The Bertz CT molecular complexity index is 493. The van der Waals surface area contributed by atoms with Gasteiger partial charge in [0.2, 0.25) is 5.76 Å². The van der Waals surface area contributed by atoms with Crippen molar-refractivity contribution in [1.82, 2.24) is 10.3 Å². The number of hydrogen-bond donors (Lipinski definition) is 1. The van der Waals surface area contributed by atoms with Crippen LogP contribution in [-0.4, -0.2) is 16.4 Å². The highest BCUT2D eigenvalue weighted by molar-refractivity contribution is 5.93. The quantitative estimate of drug-likeness (QED) is 0.907. The summed E-state index contributed by atoms with van der Waals surface area (Å²) in [5.41, 5.74) is -0.199. The summed E-state index contributed by atoms with van der Waals surface area (Å²) in [5, 5.41) is 12.2. The molecule has 19 heavy (non-hydrogen) atoms. The van der Waals surface area contributed by atoms with Crippen molar-refractivity contribution in [3.8, 4) is 6.07 Å². The van der Waals surface area contributed by atoms with Crippen molar-refractivity contribution in [3.05, 3.63) is 17.8 Å². The van der Waals surface area contributed by atoms with Crippen molar-refractivity contribution in [2.45, 2.75) is 51.5 Å². The first-order valence-electron chi connectivity index (χ1n) is 6.74. The Morgan fingerprint density at radius 1 is 1.63 bits per heavy atom. The Morgan fingerprint density at radius 2 is 2.32 bits per heavy atom. The summed E-state index contributed by atoms with van der Waals surface area (Å²) in [7, 11) is 0. The zero-order valence-corrected chi connectivity index (χ0v) is 11.4. The van der Waals surface area contributed by atoms with Crippen molar-refractivity contribution in [3.63, 3.8) is 0 Å². The fourth-order valence-corrected chi connectivity index (χ4v) is 2.64. The van der Waals surface area contributed by atoms with Crippen molar-refractivity contribution in [2.75, 3.05) is 0 Å². The number of nitriles is 1. The van der Waals surface area contributed by atoms with Crippen LogP contribution in [-0.2, 0) is 0 Å². The lowest BCUT2D eigenvalue weighted by atomic mass is 9.76. The van der Waals surface area contributed by atoms with E-state index in [9.17, 15) is 10.1 Å². The number of nitrogens with one attached hydrogen (secondary N) is 1. The van der Waals surface area contributed by atoms with Gasteiger partial charge in [-0.05, 0) is 38.5 Å². The molecule has 0 atom stereocenters. The van der Waals surface area contributed by atoms with E-state index >= 15 is 0 Å². The van der Waals surface area contributed by atoms with Gasteiger partial charge in [-0.25, -0.2) is 4.98 Å². The Morgan fingerprint density at radius 3 is 2.79 bits per heavy atom. The number of nitrogens with zero attached hydrogens (tertiary/aromatic N) is 2. The summed E-state index contributed by atoms with van der Waals surface area (Å²) in [5.74, 6) is 0.532. The second-order valence-corrected chi connectivity index (χ2v) is 5.27. The van der Waals surface area contributed by atoms with Crippen molar-refractivity contribution in [2.24, 2.45) is 5.92 Å². The maximum absolute atomic E-state index is 12.1. The number of rotatable bonds is 3. The van der Waals surface area contributed by atoms with E-state index in [0.29, 0.717) is 24.5 Å². The minimum Gasteiger partial charge on any atom is -0.438 e. The third-order valence-electron chi connectivity index (χ3n) is 4.05. The predicted octanol–water partition coefficient (Wildman–Crippen LogP) is 2.58. The first kappa shape index (κ1) is 13.6. The van der Waals surface area contributed by atoms with Gasteiger partial charge in [0, 0.05) is 0 Å². The standard InChI is InChI=1S/C14H19N3O2/c1-3-11-4-6-14(8-15,7-5-11)17-13(18)12-10(2)16-9-19-12/h9,11H,3-7H2,1-2H3,(H,17,18). The smallest absolute Gasteiger partial charge is 0.290 e. The largest absolute Gasteiger partial charge is 0.438 e. The predicted molar refractivity (Wildman–Crippen MR) is 69.3 cm³/mol. The first-order valence-corrected chi connectivity index (χ1v) is 6.74. The Hall–Kier alpha value is -1.83. The lowest BCUT2D eigenvalue weighted by Gasteiger charge is -2.35. The Kier molecular flexibility index (Phi) is 3.89. The van der Waals surface area contributed by atoms with E-state index < -0.39 is 5.54 Å². The van der Waals surface area contributed by atoms with Crippen LogP contribution in [0, 0.1) is 24.2 Å². The molecule has 0 aromatic carbocycles. The third-order valence-corrected chi connectivity index (χ3v) is 4.05. The van der Waals surface area contributed by atoms with E-state index in [-0.39, 0.29) is 11.7 Å². The van der Waals surface area contributed by atoms with Crippen LogP contribution in [0.3, 0.4) is 0 Å². The number of carbonyl (C=O) groups is 1. The van der Waals surface area contributed by atoms with Crippen LogP contribution in [0.1, 0.15) is 55.3 Å². The summed E-state index contributed by atoms with van der Waals surface area (Å²) in [6.07, 6.45) is 5.77. The molecule has 0 unspecified atom stereocenters.